The summed E-state index contributed by atoms with van der Waals surface area (Å²) in [6.07, 6.45) is 2.94. The van der Waals surface area contributed by atoms with Crippen molar-refractivity contribution in [2.24, 2.45) is 0 Å². The molecule has 2 aromatic heterocycles. The summed E-state index contributed by atoms with van der Waals surface area (Å²) in [4.78, 5) is 16.5. The monoisotopic (exact) mass is 391 g/mol. The van der Waals surface area contributed by atoms with Gasteiger partial charge in [0.25, 0.3) is 5.91 Å². The molecule has 0 atom stereocenters. The minimum Gasteiger partial charge on any atom is -0.493 e. The fourth-order valence-corrected chi connectivity index (χ4v) is 2.55. The summed E-state index contributed by atoms with van der Waals surface area (Å²) in [5.74, 6) is 0.0227. The van der Waals surface area contributed by atoms with Crippen LogP contribution in [-0.4, -0.2) is 45.0 Å². The van der Waals surface area contributed by atoms with E-state index in [0.717, 1.165) is 5.56 Å². The van der Waals surface area contributed by atoms with Crippen molar-refractivity contribution in [3.8, 4) is 28.9 Å². The molecule has 1 amide bonds. The number of carbonyl (C=O) groups is 1. The van der Waals surface area contributed by atoms with Crippen LogP contribution in [0.1, 0.15) is 29.8 Å². The molecular weight excluding hydrogens is 370 g/mol. The summed E-state index contributed by atoms with van der Waals surface area (Å²) in [7, 11) is 1.59. The molecule has 3 rings (SSSR count). The number of methoxy groups -OCH3 is 1. The van der Waals surface area contributed by atoms with Gasteiger partial charge < -0.3 is 15.2 Å². The highest BCUT2D eigenvalue weighted by Gasteiger charge is 2.18. The number of carbonyl (C=O) groups excluding carboxylic acids is 1. The number of hydrogen-bond donors (Lipinski definition) is 2. The first kappa shape index (κ1) is 20.0. The molecule has 2 N–H and O–H groups in total. The second kappa shape index (κ2) is 8.12. The van der Waals surface area contributed by atoms with Gasteiger partial charge in [-0.15, -0.1) is 0 Å². The van der Waals surface area contributed by atoms with Gasteiger partial charge in [-0.25, -0.2) is 4.98 Å². The Hall–Kier alpha value is -3.70. The molecule has 29 heavy (non-hydrogen) atoms. The maximum atomic E-state index is 12.3. The molecule has 2 heterocycles. The lowest BCUT2D eigenvalue weighted by Crippen LogP contribution is -2.39. The van der Waals surface area contributed by atoms with Gasteiger partial charge in [-0.05, 0) is 43.7 Å². The van der Waals surface area contributed by atoms with E-state index in [1.165, 1.54) is 17.1 Å². The number of rotatable bonds is 6. The third-order valence-electron chi connectivity index (χ3n) is 4.52. The Morgan fingerprint density at radius 2 is 1.97 bits per heavy atom. The summed E-state index contributed by atoms with van der Waals surface area (Å²) >= 11 is 0. The molecule has 1 aromatic carbocycles. The number of hydrogen-bond acceptors (Lipinski definition) is 6. The van der Waals surface area contributed by atoms with Crippen molar-refractivity contribution in [1.82, 2.24) is 20.1 Å². The van der Waals surface area contributed by atoms with E-state index in [-0.39, 0.29) is 11.8 Å². The van der Waals surface area contributed by atoms with Crippen molar-refractivity contribution in [3.05, 3.63) is 59.9 Å². The minimum absolute atomic E-state index is 0.0822. The number of amides is 1. The van der Waals surface area contributed by atoms with Gasteiger partial charge in [-0.1, -0.05) is 12.1 Å². The lowest BCUT2D eigenvalue weighted by atomic mass is 10.1. The van der Waals surface area contributed by atoms with Crippen LogP contribution in [0.4, 0.5) is 0 Å². The third kappa shape index (κ3) is 4.42. The molecule has 0 bridgehead atoms. The number of ether oxygens (including phenoxy) is 1. The van der Waals surface area contributed by atoms with Crippen molar-refractivity contribution < 1.29 is 14.6 Å². The fourth-order valence-electron chi connectivity index (χ4n) is 2.55. The summed E-state index contributed by atoms with van der Waals surface area (Å²) in [6.45, 7) is 4.11. The smallest absolute Gasteiger partial charge is 0.252 e. The fraction of sp³-hybridized carbons (Fsp3) is 0.238. The summed E-state index contributed by atoms with van der Waals surface area (Å²) in [5, 5.41) is 26.4. The summed E-state index contributed by atoms with van der Waals surface area (Å²) in [6, 6.07) is 12.1. The van der Waals surface area contributed by atoms with Crippen molar-refractivity contribution in [1.29, 1.82) is 5.26 Å². The molecule has 0 fully saturated rings. The Balaban J connectivity index is 1.77. The van der Waals surface area contributed by atoms with Crippen molar-refractivity contribution in [3.63, 3.8) is 0 Å². The number of nitrogens with zero attached hydrogens (tertiary/aromatic N) is 4. The Morgan fingerprint density at radius 3 is 2.55 bits per heavy atom. The molecule has 0 aliphatic rings. The van der Waals surface area contributed by atoms with Gasteiger partial charge in [-0.2, -0.15) is 15.0 Å². The van der Waals surface area contributed by atoms with E-state index >= 15 is 0 Å². The molecule has 8 heteroatoms. The average molecular weight is 391 g/mol. The number of benzene rings is 1. The predicted molar refractivity (Wildman–Crippen MR) is 107 cm³/mol. The molecule has 0 radical (unpaired) electrons. The molecule has 0 saturated carbocycles. The van der Waals surface area contributed by atoms with Crippen LogP contribution < -0.4 is 5.32 Å². The zero-order valence-electron chi connectivity index (χ0n) is 16.4. The van der Waals surface area contributed by atoms with Crippen LogP contribution in [0.2, 0.25) is 0 Å². The van der Waals surface area contributed by atoms with E-state index in [1.54, 1.807) is 43.5 Å². The zero-order chi connectivity index (χ0) is 21.0. The Bertz CT molecular complexity index is 1050. The number of pyridine rings is 1. The molecule has 0 aliphatic heterocycles. The SMILES string of the molecule is COC(C)(C)CNC(=O)c1ccc(-n2ncc(-c3ccc(C#N)cc3)c2O)nc1. The first-order chi connectivity index (χ1) is 13.8. The third-order valence-corrected chi connectivity index (χ3v) is 4.52. The van der Waals surface area contributed by atoms with Crippen molar-refractivity contribution in [2.75, 3.05) is 13.7 Å². The van der Waals surface area contributed by atoms with Gasteiger partial charge in [-0.3, -0.25) is 4.79 Å². The van der Waals surface area contributed by atoms with Gasteiger partial charge in [0.1, 0.15) is 0 Å². The Labute approximate surface area is 168 Å². The first-order valence-electron chi connectivity index (χ1n) is 8.92. The maximum Gasteiger partial charge on any atom is 0.252 e. The summed E-state index contributed by atoms with van der Waals surface area (Å²) in [5.41, 5.74) is 1.69. The van der Waals surface area contributed by atoms with Crippen molar-refractivity contribution in [2.45, 2.75) is 19.4 Å². The van der Waals surface area contributed by atoms with Crippen LogP contribution in [0.3, 0.4) is 0 Å². The van der Waals surface area contributed by atoms with Crippen LogP contribution in [-0.2, 0) is 4.74 Å². The van der Waals surface area contributed by atoms with Gasteiger partial charge in [0.05, 0.1) is 34.6 Å². The molecule has 8 nitrogen and oxygen atoms in total. The van der Waals surface area contributed by atoms with Crippen LogP contribution in [0.5, 0.6) is 5.88 Å². The number of aromatic hydroxyl groups is 1. The lowest BCUT2D eigenvalue weighted by Gasteiger charge is -2.23. The topological polar surface area (TPSA) is 113 Å². The molecule has 0 saturated heterocycles. The van der Waals surface area contributed by atoms with Gasteiger partial charge in [0, 0.05) is 19.9 Å². The number of nitrogens with one attached hydrogen (secondary N) is 1. The Morgan fingerprint density at radius 1 is 1.24 bits per heavy atom. The number of aromatic nitrogens is 3. The maximum absolute atomic E-state index is 12.3. The highest BCUT2D eigenvalue weighted by molar-refractivity contribution is 5.94. The van der Waals surface area contributed by atoms with E-state index < -0.39 is 5.60 Å². The van der Waals surface area contributed by atoms with Crippen LogP contribution in [0.15, 0.2) is 48.8 Å². The van der Waals surface area contributed by atoms with Crippen LogP contribution >= 0.6 is 0 Å². The molecule has 148 valence electrons. The first-order valence-corrected chi connectivity index (χ1v) is 8.92. The van der Waals surface area contributed by atoms with Crippen molar-refractivity contribution >= 4 is 5.91 Å². The predicted octanol–water partition coefficient (Wildman–Crippen LogP) is 2.67. The molecular formula is C21H21N5O3. The highest BCUT2D eigenvalue weighted by atomic mass is 16.5. The largest absolute Gasteiger partial charge is 0.493 e. The highest BCUT2D eigenvalue weighted by Crippen LogP contribution is 2.30. The number of nitriles is 1. The second-order valence-corrected chi connectivity index (χ2v) is 7.03. The van der Waals surface area contributed by atoms with Gasteiger partial charge in [0.15, 0.2) is 5.82 Å². The van der Waals surface area contributed by atoms with E-state index in [0.29, 0.717) is 29.1 Å². The molecule has 0 aliphatic carbocycles. The average Bonchev–Trinajstić information content (AvgIpc) is 3.13. The minimum atomic E-state index is -0.467. The standard InChI is InChI=1S/C21H21N5O3/c1-21(2,29-3)13-24-19(27)16-8-9-18(23-11-16)26-20(28)17(12-25-26)15-6-4-14(10-22)5-7-15/h4-9,11-12,28H,13H2,1-3H3,(H,24,27). The van der Waals surface area contributed by atoms with E-state index in [4.69, 9.17) is 10.00 Å². The van der Waals surface area contributed by atoms with Gasteiger partial charge >= 0.3 is 0 Å². The molecule has 3 aromatic rings. The second-order valence-electron chi connectivity index (χ2n) is 7.03. The normalized spacial score (nSPS) is 11.1. The molecule has 0 unspecified atom stereocenters. The quantitative estimate of drug-likeness (QED) is 0.668. The van der Waals surface area contributed by atoms with E-state index in [9.17, 15) is 9.90 Å². The zero-order valence-corrected chi connectivity index (χ0v) is 16.4. The lowest BCUT2D eigenvalue weighted by molar-refractivity contribution is 0.0228. The molecule has 0 spiro atoms. The van der Waals surface area contributed by atoms with Gasteiger partial charge in [0.2, 0.25) is 5.88 Å². The van der Waals surface area contributed by atoms with E-state index in [2.05, 4.69) is 21.5 Å². The van der Waals surface area contributed by atoms with Crippen LogP contribution in [0.25, 0.3) is 16.9 Å². The van der Waals surface area contributed by atoms with E-state index in [1.807, 2.05) is 13.8 Å². The van der Waals surface area contributed by atoms with Crippen LogP contribution in [0, 0.1) is 11.3 Å². The summed E-state index contributed by atoms with van der Waals surface area (Å²) < 4.78 is 6.56. The Kier molecular flexibility index (Phi) is 5.61.